The van der Waals surface area contributed by atoms with Crippen molar-refractivity contribution in [2.45, 2.75) is 6.42 Å². The summed E-state index contributed by atoms with van der Waals surface area (Å²) < 4.78 is 0. The van der Waals surface area contributed by atoms with E-state index in [1.54, 1.807) is 12.1 Å². The van der Waals surface area contributed by atoms with E-state index in [-0.39, 0.29) is 11.7 Å². The molecule has 28 heavy (non-hydrogen) atoms. The summed E-state index contributed by atoms with van der Waals surface area (Å²) in [4.78, 5) is 12.5. The number of hydrogen-bond acceptors (Lipinski definition) is 2. The maximum Gasteiger partial charge on any atom is 0.255 e. The van der Waals surface area contributed by atoms with Crippen molar-refractivity contribution in [2.75, 3.05) is 6.54 Å². The van der Waals surface area contributed by atoms with Crippen LogP contribution in [0.5, 0.6) is 5.75 Å². The summed E-state index contributed by atoms with van der Waals surface area (Å²) in [5.74, 6) is -0.257. The number of phenols is 1. The van der Waals surface area contributed by atoms with Crippen molar-refractivity contribution < 1.29 is 9.90 Å². The van der Waals surface area contributed by atoms with Crippen LogP contribution in [0.1, 0.15) is 15.9 Å². The Morgan fingerprint density at radius 2 is 1.36 bits per heavy atom. The smallest absolute Gasteiger partial charge is 0.255 e. The van der Waals surface area contributed by atoms with Gasteiger partial charge in [0, 0.05) is 6.54 Å². The number of rotatable bonds is 5. The molecule has 0 radical (unpaired) electrons. The second kappa shape index (κ2) is 7.97. The molecule has 0 saturated heterocycles. The Hall–Kier alpha value is -3.59. The monoisotopic (exact) mass is 367 g/mol. The number of carbonyl (C=O) groups excluding carboxylic acids is 1. The lowest BCUT2D eigenvalue weighted by Crippen LogP contribution is -2.25. The van der Waals surface area contributed by atoms with Crippen molar-refractivity contribution in [1.82, 2.24) is 5.32 Å². The van der Waals surface area contributed by atoms with Crippen LogP contribution >= 0.6 is 0 Å². The van der Waals surface area contributed by atoms with Crippen molar-refractivity contribution in [2.24, 2.45) is 0 Å². The maximum absolute atomic E-state index is 12.5. The van der Waals surface area contributed by atoms with Crippen molar-refractivity contribution in [1.29, 1.82) is 0 Å². The highest BCUT2D eigenvalue weighted by molar-refractivity contribution is 6.01. The van der Waals surface area contributed by atoms with Crippen LogP contribution < -0.4 is 5.32 Å². The molecule has 0 aliphatic heterocycles. The van der Waals surface area contributed by atoms with Gasteiger partial charge < -0.3 is 10.4 Å². The second-order valence-corrected chi connectivity index (χ2v) is 6.79. The maximum atomic E-state index is 12.5. The number of fused-ring (bicyclic) bond motifs is 1. The molecule has 0 bridgehead atoms. The molecule has 0 aliphatic carbocycles. The van der Waals surface area contributed by atoms with Crippen LogP contribution in [-0.2, 0) is 6.42 Å². The first-order valence-corrected chi connectivity index (χ1v) is 9.35. The van der Waals surface area contributed by atoms with E-state index < -0.39 is 0 Å². The molecule has 2 N–H and O–H groups in total. The Labute approximate surface area is 164 Å². The largest absolute Gasteiger partial charge is 0.507 e. The zero-order chi connectivity index (χ0) is 19.3. The van der Waals surface area contributed by atoms with E-state index in [1.807, 2.05) is 42.5 Å². The molecule has 4 aromatic carbocycles. The molecule has 4 aromatic rings. The lowest BCUT2D eigenvalue weighted by molar-refractivity contribution is 0.0951. The van der Waals surface area contributed by atoms with Crippen molar-refractivity contribution >= 4 is 16.7 Å². The average molecular weight is 367 g/mol. The number of hydrogen-bond donors (Lipinski definition) is 2. The highest BCUT2D eigenvalue weighted by Gasteiger charge is 2.12. The number of carbonyl (C=O) groups is 1. The van der Waals surface area contributed by atoms with Crippen molar-refractivity contribution in [3.63, 3.8) is 0 Å². The molecule has 0 unspecified atom stereocenters. The predicted molar refractivity (Wildman–Crippen MR) is 114 cm³/mol. The summed E-state index contributed by atoms with van der Waals surface area (Å²) in [5.41, 5.74) is 3.82. The van der Waals surface area contributed by atoms with Crippen molar-refractivity contribution in [3.8, 4) is 16.9 Å². The molecule has 0 atom stereocenters. The molecular weight excluding hydrogens is 346 g/mol. The number of phenolic OH excluding ortho intramolecular Hbond substituents is 1. The first-order valence-electron chi connectivity index (χ1n) is 9.35. The highest BCUT2D eigenvalue weighted by Crippen LogP contribution is 2.25. The topological polar surface area (TPSA) is 49.3 Å². The molecular formula is C25H21NO2. The number of amides is 1. The Morgan fingerprint density at radius 1 is 0.750 bits per heavy atom. The minimum Gasteiger partial charge on any atom is -0.507 e. The normalized spacial score (nSPS) is 10.7. The number of nitrogens with one attached hydrogen (secondary N) is 1. The standard InChI is InChI=1S/C25H21NO2/c27-24-17-22-9-5-4-8-21(22)16-23(24)25(28)26-15-14-18-10-12-20(13-11-18)19-6-2-1-3-7-19/h1-13,16-17,27H,14-15H2,(H,26,28). The van der Waals surface area contributed by atoms with Gasteiger partial charge in [-0.1, -0.05) is 78.9 Å². The third kappa shape index (κ3) is 3.89. The van der Waals surface area contributed by atoms with Gasteiger partial charge in [-0.05, 0) is 46.0 Å². The van der Waals surface area contributed by atoms with Gasteiger partial charge in [-0.25, -0.2) is 0 Å². The van der Waals surface area contributed by atoms with Crippen LogP contribution in [0.2, 0.25) is 0 Å². The molecule has 0 saturated carbocycles. The van der Waals surface area contributed by atoms with Crippen LogP contribution in [-0.4, -0.2) is 17.6 Å². The SMILES string of the molecule is O=C(NCCc1ccc(-c2ccccc2)cc1)c1cc2ccccc2cc1O. The molecule has 1 amide bonds. The summed E-state index contributed by atoms with van der Waals surface area (Å²) in [6.07, 6.45) is 0.731. The zero-order valence-electron chi connectivity index (χ0n) is 15.4. The minimum absolute atomic E-state index is 0.00316. The minimum atomic E-state index is -0.260. The van der Waals surface area contributed by atoms with Gasteiger partial charge >= 0.3 is 0 Å². The quantitative estimate of drug-likeness (QED) is 0.510. The molecule has 0 heterocycles. The van der Waals surface area contributed by atoms with Crippen LogP contribution in [0.3, 0.4) is 0 Å². The zero-order valence-corrected chi connectivity index (χ0v) is 15.4. The van der Waals surface area contributed by atoms with Gasteiger partial charge in [-0.3, -0.25) is 4.79 Å². The van der Waals surface area contributed by atoms with Crippen LogP contribution in [0.4, 0.5) is 0 Å². The van der Waals surface area contributed by atoms with Gasteiger partial charge in [0.1, 0.15) is 5.75 Å². The second-order valence-electron chi connectivity index (χ2n) is 6.79. The highest BCUT2D eigenvalue weighted by atomic mass is 16.3. The summed E-state index contributed by atoms with van der Waals surface area (Å²) in [6, 6.07) is 29.6. The van der Waals surface area contributed by atoms with Crippen LogP contribution in [0.25, 0.3) is 21.9 Å². The summed E-state index contributed by atoms with van der Waals surface area (Å²) in [7, 11) is 0. The van der Waals surface area contributed by atoms with E-state index in [9.17, 15) is 9.90 Å². The van der Waals surface area contributed by atoms with Gasteiger partial charge in [0.2, 0.25) is 0 Å². The third-order valence-corrected chi connectivity index (χ3v) is 4.87. The van der Waals surface area contributed by atoms with Gasteiger partial charge in [-0.15, -0.1) is 0 Å². The summed E-state index contributed by atoms with van der Waals surface area (Å²) in [5, 5.41) is 14.9. The number of benzene rings is 4. The molecule has 3 nitrogen and oxygen atoms in total. The van der Waals surface area contributed by atoms with E-state index in [4.69, 9.17) is 0 Å². The Balaban J connectivity index is 1.38. The fourth-order valence-electron chi connectivity index (χ4n) is 3.32. The summed E-state index contributed by atoms with van der Waals surface area (Å²) in [6.45, 7) is 0.510. The van der Waals surface area contributed by atoms with Gasteiger partial charge in [0.15, 0.2) is 0 Å². The molecule has 138 valence electrons. The van der Waals surface area contributed by atoms with Crippen LogP contribution in [0, 0.1) is 0 Å². The Morgan fingerprint density at radius 3 is 2.07 bits per heavy atom. The van der Waals surface area contributed by atoms with Gasteiger partial charge in [0.05, 0.1) is 5.56 Å². The molecule has 3 heteroatoms. The predicted octanol–water partition coefficient (Wildman–Crippen LogP) is 5.18. The number of aromatic hydroxyl groups is 1. The fraction of sp³-hybridized carbons (Fsp3) is 0.0800. The fourth-order valence-corrected chi connectivity index (χ4v) is 3.32. The van der Waals surface area contributed by atoms with Gasteiger partial charge in [-0.2, -0.15) is 0 Å². The lowest BCUT2D eigenvalue weighted by Gasteiger charge is -2.09. The van der Waals surface area contributed by atoms with Gasteiger partial charge in [0.25, 0.3) is 5.91 Å². The van der Waals surface area contributed by atoms with E-state index >= 15 is 0 Å². The molecule has 0 fully saturated rings. The third-order valence-electron chi connectivity index (χ3n) is 4.87. The van der Waals surface area contributed by atoms with E-state index in [0.717, 1.165) is 22.8 Å². The van der Waals surface area contributed by atoms with E-state index in [1.165, 1.54) is 11.1 Å². The Kier molecular flexibility index (Phi) is 5.07. The first kappa shape index (κ1) is 17.8. The molecule has 4 rings (SSSR count). The van der Waals surface area contributed by atoms with Crippen molar-refractivity contribution in [3.05, 3.63) is 102 Å². The van der Waals surface area contributed by atoms with E-state index in [0.29, 0.717) is 12.1 Å². The molecule has 0 aromatic heterocycles. The molecule has 0 spiro atoms. The molecule has 0 aliphatic rings. The van der Waals surface area contributed by atoms with E-state index in [2.05, 4.69) is 41.7 Å². The average Bonchev–Trinajstić information content (AvgIpc) is 2.74. The lowest BCUT2D eigenvalue weighted by atomic mass is 10.0. The van der Waals surface area contributed by atoms with Crippen LogP contribution in [0.15, 0.2) is 91.0 Å². The Bertz CT molecular complexity index is 1100. The summed E-state index contributed by atoms with van der Waals surface area (Å²) >= 11 is 0. The first-order chi connectivity index (χ1) is 13.7.